The molecule has 1 unspecified atom stereocenters. The standard InChI is InChI=1S/C12H11ClN2O2S/c13-10-1-3-14-5-9(10)12(17)15-6-11(16)8-2-4-18-7-8/h1-5,7,11,16H,6H2,(H,15,17). The molecule has 1 amide bonds. The van der Waals surface area contributed by atoms with Crippen LogP contribution in [0.15, 0.2) is 35.3 Å². The first-order valence-corrected chi connectivity index (χ1v) is 6.58. The van der Waals surface area contributed by atoms with E-state index in [2.05, 4.69) is 10.3 Å². The number of aromatic nitrogens is 1. The van der Waals surface area contributed by atoms with Gasteiger partial charge in [0.15, 0.2) is 0 Å². The highest BCUT2D eigenvalue weighted by Crippen LogP contribution is 2.16. The lowest BCUT2D eigenvalue weighted by atomic mass is 10.2. The molecule has 6 heteroatoms. The Morgan fingerprint density at radius 1 is 1.56 bits per heavy atom. The number of rotatable bonds is 4. The number of pyridine rings is 1. The van der Waals surface area contributed by atoms with Gasteiger partial charge in [0.2, 0.25) is 0 Å². The summed E-state index contributed by atoms with van der Waals surface area (Å²) in [5.41, 5.74) is 1.09. The molecule has 94 valence electrons. The topological polar surface area (TPSA) is 62.2 Å². The molecule has 0 aromatic carbocycles. The number of nitrogens with one attached hydrogen (secondary N) is 1. The van der Waals surface area contributed by atoms with Crippen LogP contribution in [0.2, 0.25) is 5.02 Å². The summed E-state index contributed by atoms with van der Waals surface area (Å²) in [6, 6.07) is 3.37. The fraction of sp³-hybridized carbons (Fsp3) is 0.167. The van der Waals surface area contributed by atoms with Crippen molar-refractivity contribution < 1.29 is 9.90 Å². The molecule has 0 saturated carbocycles. The van der Waals surface area contributed by atoms with E-state index in [0.717, 1.165) is 5.56 Å². The number of hydrogen-bond donors (Lipinski definition) is 2. The van der Waals surface area contributed by atoms with Crippen LogP contribution in [0.5, 0.6) is 0 Å². The maximum atomic E-state index is 11.8. The third kappa shape index (κ3) is 3.07. The summed E-state index contributed by atoms with van der Waals surface area (Å²) in [5.74, 6) is -0.345. The maximum absolute atomic E-state index is 11.8. The second-order valence-electron chi connectivity index (χ2n) is 3.64. The van der Waals surface area contributed by atoms with Crippen LogP contribution in [-0.4, -0.2) is 22.5 Å². The molecule has 0 aliphatic heterocycles. The molecule has 0 fully saturated rings. The van der Waals surface area contributed by atoms with Crippen LogP contribution >= 0.6 is 22.9 Å². The first-order chi connectivity index (χ1) is 8.68. The predicted molar refractivity (Wildman–Crippen MR) is 70.9 cm³/mol. The van der Waals surface area contributed by atoms with Crippen LogP contribution in [0.3, 0.4) is 0 Å². The molecular formula is C12H11ClN2O2S. The van der Waals surface area contributed by atoms with Gasteiger partial charge in [-0.3, -0.25) is 9.78 Å². The largest absolute Gasteiger partial charge is 0.387 e. The van der Waals surface area contributed by atoms with Crippen LogP contribution in [-0.2, 0) is 0 Å². The van der Waals surface area contributed by atoms with Crippen LogP contribution in [0.25, 0.3) is 0 Å². The molecule has 18 heavy (non-hydrogen) atoms. The number of aliphatic hydroxyl groups is 1. The van der Waals surface area contributed by atoms with Gasteiger partial charge in [-0.05, 0) is 28.5 Å². The van der Waals surface area contributed by atoms with Crippen molar-refractivity contribution in [1.29, 1.82) is 0 Å². The molecule has 2 N–H and O–H groups in total. The van der Waals surface area contributed by atoms with Crippen molar-refractivity contribution in [1.82, 2.24) is 10.3 Å². The van der Waals surface area contributed by atoms with Gasteiger partial charge in [0.05, 0.1) is 16.7 Å². The highest BCUT2D eigenvalue weighted by Gasteiger charge is 2.13. The van der Waals surface area contributed by atoms with Gasteiger partial charge < -0.3 is 10.4 Å². The van der Waals surface area contributed by atoms with Gasteiger partial charge in [0, 0.05) is 18.9 Å². The van der Waals surface area contributed by atoms with Crippen molar-refractivity contribution in [3.63, 3.8) is 0 Å². The molecule has 2 aromatic heterocycles. The third-order valence-corrected chi connectivity index (χ3v) is 3.43. The van der Waals surface area contributed by atoms with Crippen molar-refractivity contribution in [3.8, 4) is 0 Å². The Morgan fingerprint density at radius 2 is 2.39 bits per heavy atom. The van der Waals surface area contributed by atoms with Crippen molar-refractivity contribution in [2.75, 3.05) is 6.54 Å². The zero-order chi connectivity index (χ0) is 13.0. The van der Waals surface area contributed by atoms with Gasteiger partial charge in [0.1, 0.15) is 0 Å². The van der Waals surface area contributed by atoms with E-state index in [1.54, 1.807) is 6.07 Å². The molecule has 2 heterocycles. The lowest BCUT2D eigenvalue weighted by molar-refractivity contribution is 0.0916. The normalized spacial score (nSPS) is 12.1. The minimum Gasteiger partial charge on any atom is -0.387 e. The molecule has 0 aliphatic carbocycles. The molecule has 0 aliphatic rings. The van der Waals surface area contributed by atoms with Gasteiger partial charge in [-0.25, -0.2) is 0 Å². The first-order valence-electron chi connectivity index (χ1n) is 5.26. The summed E-state index contributed by atoms with van der Waals surface area (Å²) in [5, 5.41) is 16.5. The quantitative estimate of drug-likeness (QED) is 0.904. The predicted octanol–water partition coefficient (Wildman–Crippen LogP) is 2.26. The monoisotopic (exact) mass is 282 g/mol. The number of hydrogen-bond acceptors (Lipinski definition) is 4. The van der Waals surface area contributed by atoms with Crippen LogP contribution in [0.1, 0.15) is 22.0 Å². The Balaban J connectivity index is 1.95. The van der Waals surface area contributed by atoms with Gasteiger partial charge in [-0.2, -0.15) is 11.3 Å². The summed E-state index contributed by atoms with van der Waals surface area (Å²) >= 11 is 7.37. The lowest BCUT2D eigenvalue weighted by Crippen LogP contribution is -2.28. The smallest absolute Gasteiger partial charge is 0.254 e. The van der Waals surface area contributed by atoms with E-state index in [4.69, 9.17) is 11.6 Å². The number of thiophene rings is 1. The number of carbonyl (C=O) groups excluding carboxylic acids is 1. The molecule has 1 atom stereocenters. The second kappa shape index (κ2) is 5.95. The minimum atomic E-state index is -0.712. The average Bonchev–Trinajstić information content (AvgIpc) is 2.90. The molecule has 2 aromatic rings. The molecule has 0 bridgehead atoms. The molecular weight excluding hydrogens is 272 g/mol. The third-order valence-electron chi connectivity index (χ3n) is 2.40. The second-order valence-corrected chi connectivity index (χ2v) is 4.83. The number of halogens is 1. The van der Waals surface area contributed by atoms with Crippen LogP contribution in [0.4, 0.5) is 0 Å². The van der Waals surface area contributed by atoms with Gasteiger partial charge in [-0.1, -0.05) is 11.6 Å². The van der Waals surface area contributed by atoms with Crippen LogP contribution in [0, 0.1) is 0 Å². The van der Waals surface area contributed by atoms with E-state index in [9.17, 15) is 9.90 Å². The van der Waals surface area contributed by atoms with Crippen molar-refractivity contribution >= 4 is 28.8 Å². The van der Waals surface area contributed by atoms with E-state index in [1.807, 2.05) is 16.8 Å². The van der Waals surface area contributed by atoms with Crippen molar-refractivity contribution in [2.24, 2.45) is 0 Å². The molecule has 2 rings (SSSR count). The summed E-state index contributed by atoms with van der Waals surface area (Å²) in [7, 11) is 0. The molecule has 0 spiro atoms. The molecule has 4 nitrogen and oxygen atoms in total. The Morgan fingerprint density at radius 3 is 3.06 bits per heavy atom. The number of amides is 1. The Bertz CT molecular complexity index is 531. The summed E-state index contributed by atoms with van der Waals surface area (Å²) < 4.78 is 0. The van der Waals surface area contributed by atoms with E-state index < -0.39 is 6.10 Å². The number of nitrogens with zero attached hydrogens (tertiary/aromatic N) is 1. The molecule has 0 radical (unpaired) electrons. The average molecular weight is 283 g/mol. The number of aliphatic hydroxyl groups excluding tert-OH is 1. The van der Waals surface area contributed by atoms with Crippen molar-refractivity contribution in [3.05, 3.63) is 51.4 Å². The molecule has 0 saturated heterocycles. The number of carbonyl (C=O) groups is 1. The first kappa shape index (κ1) is 13.0. The fourth-order valence-electron chi connectivity index (χ4n) is 1.41. The SMILES string of the molecule is O=C(NCC(O)c1ccsc1)c1cnccc1Cl. The Labute approximate surface area is 113 Å². The van der Waals surface area contributed by atoms with Gasteiger partial charge in [-0.15, -0.1) is 0 Å². The maximum Gasteiger partial charge on any atom is 0.254 e. The van der Waals surface area contributed by atoms with Gasteiger partial charge >= 0.3 is 0 Å². The van der Waals surface area contributed by atoms with Crippen molar-refractivity contribution in [2.45, 2.75) is 6.10 Å². The minimum absolute atomic E-state index is 0.140. The Kier molecular flexibility index (Phi) is 4.30. The zero-order valence-corrected chi connectivity index (χ0v) is 10.9. The van der Waals surface area contributed by atoms with E-state index >= 15 is 0 Å². The lowest BCUT2D eigenvalue weighted by Gasteiger charge is -2.10. The summed E-state index contributed by atoms with van der Waals surface area (Å²) in [6.45, 7) is 0.140. The summed E-state index contributed by atoms with van der Waals surface area (Å²) in [4.78, 5) is 15.6. The fourth-order valence-corrected chi connectivity index (χ4v) is 2.31. The van der Waals surface area contributed by atoms with Gasteiger partial charge in [0.25, 0.3) is 5.91 Å². The van der Waals surface area contributed by atoms with E-state index in [-0.39, 0.29) is 12.5 Å². The van der Waals surface area contributed by atoms with Crippen LogP contribution < -0.4 is 5.32 Å². The highest BCUT2D eigenvalue weighted by atomic mass is 35.5. The van der Waals surface area contributed by atoms with E-state index in [1.165, 1.54) is 23.7 Å². The summed E-state index contributed by atoms with van der Waals surface area (Å²) in [6.07, 6.45) is 2.20. The van der Waals surface area contributed by atoms with E-state index in [0.29, 0.717) is 10.6 Å². The Hall–Kier alpha value is -1.43. The highest BCUT2D eigenvalue weighted by molar-refractivity contribution is 7.07. The zero-order valence-electron chi connectivity index (χ0n) is 9.34.